The van der Waals surface area contributed by atoms with Crippen LogP contribution in [-0.2, 0) is 16.0 Å². The summed E-state index contributed by atoms with van der Waals surface area (Å²) in [6.45, 7) is 5.71. The van der Waals surface area contributed by atoms with Gasteiger partial charge in [-0.2, -0.15) is 0 Å². The Kier molecular flexibility index (Phi) is 10.9. The maximum atomic E-state index is 11.6. The molecule has 178 valence electrons. The van der Waals surface area contributed by atoms with Gasteiger partial charge in [0.25, 0.3) is 5.69 Å². The fourth-order valence-corrected chi connectivity index (χ4v) is 3.00. The number of carboxylic acids is 1. The number of ether oxygens (including phenoxy) is 3. The minimum absolute atomic E-state index is 0.0527. The highest BCUT2D eigenvalue weighted by Gasteiger charge is 2.11. The Labute approximate surface area is 193 Å². The summed E-state index contributed by atoms with van der Waals surface area (Å²) < 4.78 is 17.1. The van der Waals surface area contributed by atoms with E-state index < -0.39 is 10.9 Å². The van der Waals surface area contributed by atoms with E-state index in [2.05, 4.69) is 6.92 Å². The summed E-state index contributed by atoms with van der Waals surface area (Å²) in [4.78, 5) is 21.9. The number of rotatable bonds is 15. The van der Waals surface area contributed by atoms with E-state index in [-0.39, 0.29) is 11.3 Å². The lowest BCUT2D eigenvalue weighted by Gasteiger charge is -2.14. The standard InChI is InChI=1S/C25H31NO7/c1-3-5-14-32-24-18-20(17-21(25(27)28)13-15-31-4-2)8-11-23(24)33-16-12-19-6-9-22(10-7-19)26(29)30/h6-11,17-18H,3-5,12-16H2,1-2H3,(H,27,28). The first kappa shape index (κ1) is 25.9. The van der Waals surface area contributed by atoms with Crippen LogP contribution in [0.15, 0.2) is 48.0 Å². The molecule has 2 aromatic rings. The average Bonchev–Trinajstić information content (AvgIpc) is 2.80. The van der Waals surface area contributed by atoms with Gasteiger partial charge in [-0.3, -0.25) is 10.1 Å². The Hall–Kier alpha value is -3.39. The molecule has 8 nitrogen and oxygen atoms in total. The smallest absolute Gasteiger partial charge is 0.331 e. The molecule has 0 aliphatic rings. The number of hydrogen-bond acceptors (Lipinski definition) is 6. The van der Waals surface area contributed by atoms with Gasteiger partial charge in [0.05, 0.1) is 24.7 Å². The maximum absolute atomic E-state index is 11.6. The van der Waals surface area contributed by atoms with Crippen LogP contribution in [-0.4, -0.2) is 42.4 Å². The predicted molar refractivity (Wildman–Crippen MR) is 126 cm³/mol. The molecule has 0 bridgehead atoms. The molecule has 2 rings (SSSR count). The van der Waals surface area contributed by atoms with E-state index in [1.165, 1.54) is 12.1 Å². The van der Waals surface area contributed by atoms with Gasteiger partial charge >= 0.3 is 5.97 Å². The molecule has 0 radical (unpaired) electrons. The number of non-ortho nitro benzene ring substituents is 1. The molecule has 0 unspecified atom stereocenters. The van der Waals surface area contributed by atoms with Gasteiger partial charge in [-0.15, -0.1) is 0 Å². The van der Waals surface area contributed by atoms with Crippen LogP contribution in [0.4, 0.5) is 5.69 Å². The summed E-state index contributed by atoms with van der Waals surface area (Å²) >= 11 is 0. The highest BCUT2D eigenvalue weighted by molar-refractivity contribution is 5.92. The van der Waals surface area contributed by atoms with Gasteiger partial charge in [0, 0.05) is 37.2 Å². The van der Waals surface area contributed by atoms with Crippen LogP contribution in [0.1, 0.15) is 44.2 Å². The van der Waals surface area contributed by atoms with Crippen molar-refractivity contribution >= 4 is 17.7 Å². The van der Waals surface area contributed by atoms with Crippen LogP contribution < -0.4 is 9.47 Å². The largest absolute Gasteiger partial charge is 0.490 e. The molecular formula is C25H31NO7. The highest BCUT2D eigenvalue weighted by atomic mass is 16.6. The van der Waals surface area contributed by atoms with Gasteiger partial charge in [-0.1, -0.05) is 31.5 Å². The molecule has 8 heteroatoms. The molecule has 0 heterocycles. The Balaban J connectivity index is 2.11. The zero-order valence-corrected chi connectivity index (χ0v) is 19.1. The van der Waals surface area contributed by atoms with Crippen LogP contribution in [0.25, 0.3) is 6.08 Å². The van der Waals surface area contributed by atoms with E-state index >= 15 is 0 Å². The number of aliphatic carboxylic acids is 1. The quantitative estimate of drug-likeness (QED) is 0.167. The van der Waals surface area contributed by atoms with Crippen molar-refractivity contribution in [3.8, 4) is 11.5 Å². The molecule has 0 aliphatic carbocycles. The fourth-order valence-electron chi connectivity index (χ4n) is 3.00. The lowest BCUT2D eigenvalue weighted by molar-refractivity contribution is -0.384. The third-order valence-electron chi connectivity index (χ3n) is 4.85. The monoisotopic (exact) mass is 457 g/mol. The van der Waals surface area contributed by atoms with Crippen LogP contribution >= 0.6 is 0 Å². The number of nitro benzene ring substituents is 1. The second-order valence-corrected chi connectivity index (χ2v) is 7.35. The normalized spacial score (nSPS) is 11.3. The molecule has 0 amide bonds. The zero-order valence-electron chi connectivity index (χ0n) is 19.1. The van der Waals surface area contributed by atoms with Crippen molar-refractivity contribution in [2.45, 2.75) is 39.5 Å². The van der Waals surface area contributed by atoms with Crippen LogP contribution in [0.2, 0.25) is 0 Å². The van der Waals surface area contributed by atoms with E-state index in [4.69, 9.17) is 14.2 Å². The van der Waals surface area contributed by atoms with E-state index in [1.807, 2.05) is 6.92 Å². The van der Waals surface area contributed by atoms with E-state index in [9.17, 15) is 20.0 Å². The molecule has 0 aliphatic heterocycles. The molecule has 2 aromatic carbocycles. The summed E-state index contributed by atoms with van der Waals surface area (Å²) in [6.07, 6.45) is 4.37. The number of benzene rings is 2. The Morgan fingerprint density at radius 2 is 1.76 bits per heavy atom. The first-order chi connectivity index (χ1) is 15.9. The highest BCUT2D eigenvalue weighted by Crippen LogP contribution is 2.30. The van der Waals surface area contributed by atoms with Crippen molar-refractivity contribution in [1.82, 2.24) is 0 Å². The van der Waals surface area contributed by atoms with Gasteiger partial charge in [0.15, 0.2) is 11.5 Å². The minimum Gasteiger partial charge on any atom is -0.490 e. The summed E-state index contributed by atoms with van der Waals surface area (Å²) in [5.41, 5.74) is 1.94. The lowest BCUT2D eigenvalue weighted by atomic mass is 10.1. The van der Waals surface area contributed by atoms with Crippen LogP contribution in [0, 0.1) is 10.1 Å². The van der Waals surface area contributed by atoms with Crippen molar-refractivity contribution in [2.75, 3.05) is 26.4 Å². The topological polar surface area (TPSA) is 108 Å². The van der Waals surface area contributed by atoms with Gasteiger partial charge < -0.3 is 19.3 Å². The lowest BCUT2D eigenvalue weighted by Crippen LogP contribution is -2.06. The van der Waals surface area contributed by atoms with Gasteiger partial charge in [-0.05, 0) is 42.7 Å². The predicted octanol–water partition coefficient (Wildman–Crippen LogP) is 5.29. The molecule has 0 fully saturated rings. The molecule has 0 saturated heterocycles. The fraction of sp³-hybridized carbons (Fsp3) is 0.400. The molecule has 0 spiro atoms. The third-order valence-corrected chi connectivity index (χ3v) is 4.85. The van der Waals surface area contributed by atoms with Gasteiger partial charge in [0.1, 0.15) is 0 Å². The summed E-state index contributed by atoms with van der Waals surface area (Å²) in [5.74, 6) is 0.137. The molecule has 0 saturated carbocycles. The van der Waals surface area contributed by atoms with Crippen molar-refractivity contribution in [2.24, 2.45) is 0 Å². The average molecular weight is 458 g/mol. The third kappa shape index (κ3) is 8.94. The molecule has 1 N–H and O–H groups in total. The minimum atomic E-state index is -0.980. The number of carbonyl (C=O) groups is 1. The van der Waals surface area contributed by atoms with E-state index in [1.54, 1.807) is 36.4 Å². The van der Waals surface area contributed by atoms with Crippen molar-refractivity contribution < 1.29 is 29.0 Å². The molecule has 0 atom stereocenters. The number of nitrogens with zero attached hydrogens (tertiary/aromatic N) is 1. The Morgan fingerprint density at radius 3 is 2.39 bits per heavy atom. The zero-order chi connectivity index (χ0) is 24.1. The number of unbranched alkanes of at least 4 members (excludes halogenated alkanes) is 1. The summed E-state index contributed by atoms with van der Waals surface area (Å²) in [5, 5.41) is 20.3. The van der Waals surface area contributed by atoms with Crippen molar-refractivity contribution in [1.29, 1.82) is 0 Å². The maximum Gasteiger partial charge on any atom is 0.331 e. The second-order valence-electron chi connectivity index (χ2n) is 7.35. The van der Waals surface area contributed by atoms with Crippen LogP contribution in [0.5, 0.6) is 11.5 Å². The van der Waals surface area contributed by atoms with Gasteiger partial charge in [0.2, 0.25) is 0 Å². The van der Waals surface area contributed by atoms with E-state index in [0.717, 1.165) is 18.4 Å². The first-order valence-corrected chi connectivity index (χ1v) is 11.1. The number of carboxylic acid groups (broad SMARTS) is 1. The molecular weight excluding hydrogens is 426 g/mol. The Morgan fingerprint density at radius 1 is 1.03 bits per heavy atom. The summed E-state index contributed by atoms with van der Waals surface area (Å²) in [7, 11) is 0. The van der Waals surface area contributed by atoms with Crippen molar-refractivity contribution in [3.63, 3.8) is 0 Å². The molecule has 33 heavy (non-hydrogen) atoms. The first-order valence-electron chi connectivity index (χ1n) is 11.1. The van der Waals surface area contributed by atoms with Crippen LogP contribution in [0.3, 0.4) is 0 Å². The molecule has 0 aromatic heterocycles. The number of nitro groups is 1. The van der Waals surface area contributed by atoms with Gasteiger partial charge in [-0.25, -0.2) is 4.79 Å². The van der Waals surface area contributed by atoms with E-state index in [0.29, 0.717) is 56.3 Å². The van der Waals surface area contributed by atoms with Crippen molar-refractivity contribution in [3.05, 3.63) is 69.3 Å². The SMILES string of the molecule is CCCCOc1cc(C=C(CCOCC)C(=O)O)ccc1OCCc1ccc([N+](=O)[O-])cc1. The summed E-state index contributed by atoms with van der Waals surface area (Å²) in [6, 6.07) is 11.7. The number of hydrogen-bond donors (Lipinski definition) is 1. The second kappa shape index (κ2) is 13.9. The Bertz CT molecular complexity index is 938.